The van der Waals surface area contributed by atoms with Crippen LogP contribution in [0, 0.1) is 11.6 Å². The molecule has 0 N–H and O–H groups in total. The lowest BCUT2D eigenvalue weighted by molar-refractivity contribution is -0.118. The van der Waals surface area contributed by atoms with Gasteiger partial charge in [-0.05, 0) is 30.3 Å². The van der Waals surface area contributed by atoms with Crippen molar-refractivity contribution >= 4 is 11.6 Å². The summed E-state index contributed by atoms with van der Waals surface area (Å²) in [6.45, 7) is 1.51. The van der Waals surface area contributed by atoms with E-state index in [2.05, 4.69) is 10.2 Å². The first-order valence-electron chi connectivity index (χ1n) is 8.35. The quantitative estimate of drug-likeness (QED) is 0.559. The summed E-state index contributed by atoms with van der Waals surface area (Å²) >= 11 is 0. The van der Waals surface area contributed by atoms with Gasteiger partial charge in [-0.2, -0.15) is 8.78 Å². The van der Waals surface area contributed by atoms with E-state index in [0.717, 1.165) is 6.07 Å². The second-order valence-electron chi connectivity index (χ2n) is 5.87. The fourth-order valence-electron chi connectivity index (χ4n) is 2.58. The number of anilines is 1. The van der Waals surface area contributed by atoms with E-state index in [4.69, 9.17) is 4.42 Å². The van der Waals surface area contributed by atoms with Crippen LogP contribution in [0.3, 0.4) is 0 Å². The van der Waals surface area contributed by atoms with E-state index in [1.165, 1.54) is 35.2 Å². The smallest absolute Gasteiger partial charge is 0.314 e. The summed E-state index contributed by atoms with van der Waals surface area (Å²) in [5.41, 5.74) is 0.581. The summed E-state index contributed by atoms with van der Waals surface area (Å²) in [5, 5.41) is 6.67. The number of rotatable bonds is 6. The van der Waals surface area contributed by atoms with Gasteiger partial charge in [-0.15, -0.1) is 10.2 Å². The van der Waals surface area contributed by atoms with E-state index in [0.29, 0.717) is 5.69 Å². The van der Waals surface area contributed by atoms with Crippen LogP contribution in [0.2, 0.25) is 0 Å². The number of amides is 1. The van der Waals surface area contributed by atoms with Gasteiger partial charge in [0.2, 0.25) is 11.8 Å². The lowest BCUT2D eigenvalue weighted by atomic mass is 10.1. The molecule has 28 heavy (non-hydrogen) atoms. The van der Waals surface area contributed by atoms with Crippen molar-refractivity contribution in [1.82, 2.24) is 10.2 Å². The maximum absolute atomic E-state index is 14.6. The normalized spacial score (nSPS) is 11.1. The summed E-state index contributed by atoms with van der Waals surface area (Å²) in [7, 11) is 0. The van der Waals surface area contributed by atoms with Crippen molar-refractivity contribution in [2.45, 2.75) is 26.3 Å². The van der Waals surface area contributed by atoms with Crippen LogP contribution in [0.25, 0.3) is 11.5 Å². The molecular weight excluding hydrogens is 378 g/mol. The monoisotopic (exact) mass is 393 g/mol. The lowest BCUT2D eigenvalue weighted by Gasteiger charge is -2.23. The van der Waals surface area contributed by atoms with Crippen molar-refractivity contribution < 1.29 is 26.8 Å². The lowest BCUT2D eigenvalue weighted by Crippen LogP contribution is -2.30. The standard InChI is InChI=1S/C19H15F4N3O2/c1-2-16(27)26(14-5-3-4-13(20)9-14)10-12-7-6-11(8-15(12)21)18-24-25-19(28-18)17(22)23/h3-9,17H,2,10H2,1H3. The minimum absolute atomic E-state index is 0.125. The Morgan fingerprint density at radius 2 is 1.93 bits per heavy atom. The van der Waals surface area contributed by atoms with E-state index in [9.17, 15) is 22.4 Å². The van der Waals surface area contributed by atoms with Gasteiger partial charge in [0.05, 0.1) is 6.54 Å². The van der Waals surface area contributed by atoms with Crippen molar-refractivity contribution in [3.8, 4) is 11.5 Å². The van der Waals surface area contributed by atoms with E-state index in [-0.39, 0.29) is 35.9 Å². The van der Waals surface area contributed by atoms with Crippen LogP contribution in [0.4, 0.5) is 23.2 Å². The summed E-state index contributed by atoms with van der Waals surface area (Å²) in [6.07, 6.45) is -2.78. The summed E-state index contributed by atoms with van der Waals surface area (Å²) in [6, 6.07) is 9.28. The van der Waals surface area contributed by atoms with Crippen LogP contribution in [0.15, 0.2) is 46.9 Å². The van der Waals surface area contributed by atoms with Gasteiger partial charge >= 0.3 is 6.43 Å². The second-order valence-corrected chi connectivity index (χ2v) is 5.87. The molecule has 0 aliphatic carbocycles. The van der Waals surface area contributed by atoms with Crippen LogP contribution in [-0.2, 0) is 11.3 Å². The van der Waals surface area contributed by atoms with Gasteiger partial charge in [0.15, 0.2) is 0 Å². The Balaban J connectivity index is 1.88. The highest BCUT2D eigenvalue weighted by Gasteiger charge is 2.20. The fraction of sp³-hybridized carbons (Fsp3) is 0.211. The highest BCUT2D eigenvalue weighted by Crippen LogP contribution is 2.26. The molecule has 1 aromatic heterocycles. The minimum Gasteiger partial charge on any atom is -0.415 e. The number of halogens is 4. The zero-order valence-electron chi connectivity index (χ0n) is 14.7. The Kier molecular flexibility index (Phi) is 5.72. The van der Waals surface area contributed by atoms with Crippen LogP contribution >= 0.6 is 0 Å². The van der Waals surface area contributed by atoms with Crippen molar-refractivity contribution in [3.63, 3.8) is 0 Å². The maximum Gasteiger partial charge on any atom is 0.314 e. The van der Waals surface area contributed by atoms with Crippen LogP contribution in [-0.4, -0.2) is 16.1 Å². The van der Waals surface area contributed by atoms with E-state index in [1.54, 1.807) is 13.0 Å². The van der Waals surface area contributed by atoms with Crippen LogP contribution in [0.1, 0.15) is 31.2 Å². The molecule has 9 heteroatoms. The molecule has 0 radical (unpaired) electrons. The minimum atomic E-state index is -2.93. The summed E-state index contributed by atoms with van der Waals surface area (Å²) in [5.74, 6) is -2.63. The SMILES string of the molecule is CCC(=O)N(Cc1ccc(-c2nnc(C(F)F)o2)cc1F)c1cccc(F)c1. The van der Waals surface area contributed by atoms with E-state index >= 15 is 0 Å². The predicted molar refractivity (Wildman–Crippen MR) is 92.5 cm³/mol. The number of alkyl halides is 2. The van der Waals surface area contributed by atoms with Gasteiger partial charge in [0, 0.05) is 23.2 Å². The Bertz CT molecular complexity index is 991. The zero-order chi connectivity index (χ0) is 20.3. The molecule has 0 unspecified atom stereocenters. The fourth-order valence-corrected chi connectivity index (χ4v) is 2.58. The topological polar surface area (TPSA) is 59.2 Å². The van der Waals surface area contributed by atoms with E-state index in [1.807, 2.05) is 0 Å². The number of hydrogen-bond acceptors (Lipinski definition) is 4. The molecule has 5 nitrogen and oxygen atoms in total. The van der Waals surface area contributed by atoms with Crippen molar-refractivity contribution in [3.05, 3.63) is 65.6 Å². The molecule has 0 spiro atoms. The number of carbonyl (C=O) groups is 1. The molecule has 3 aromatic rings. The van der Waals surface area contributed by atoms with Gasteiger partial charge in [-0.25, -0.2) is 8.78 Å². The summed E-state index contributed by atoms with van der Waals surface area (Å²) < 4.78 is 58.0. The molecule has 3 rings (SSSR count). The number of aromatic nitrogens is 2. The first-order chi connectivity index (χ1) is 13.4. The molecule has 0 atom stereocenters. The molecule has 0 aliphatic rings. The average Bonchev–Trinajstić information content (AvgIpc) is 3.17. The van der Waals surface area contributed by atoms with Gasteiger partial charge < -0.3 is 9.32 Å². The third-order valence-corrected chi connectivity index (χ3v) is 3.98. The third kappa shape index (κ3) is 4.19. The molecule has 0 fully saturated rings. The van der Waals surface area contributed by atoms with Crippen molar-refractivity contribution in [2.24, 2.45) is 0 Å². The second kappa shape index (κ2) is 8.20. The molecule has 0 saturated heterocycles. The number of carbonyl (C=O) groups excluding carboxylic acids is 1. The van der Waals surface area contributed by atoms with Gasteiger partial charge in [-0.1, -0.05) is 19.1 Å². The Morgan fingerprint density at radius 1 is 1.14 bits per heavy atom. The first-order valence-corrected chi connectivity index (χ1v) is 8.35. The average molecular weight is 393 g/mol. The largest absolute Gasteiger partial charge is 0.415 e. The molecule has 146 valence electrons. The van der Waals surface area contributed by atoms with Gasteiger partial charge in [-0.3, -0.25) is 4.79 Å². The molecule has 0 bridgehead atoms. The highest BCUT2D eigenvalue weighted by molar-refractivity contribution is 5.93. The Morgan fingerprint density at radius 3 is 2.54 bits per heavy atom. The Labute approximate surface area is 157 Å². The Hall–Kier alpha value is -3.23. The number of nitrogens with zero attached hydrogens (tertiary/aromatic N) is 3. The van der Waals surface area contributed by atoms with E-state index < -0.39 is 24.0 Å². The van der Waals surface area contributed by atoms with Crippen LogP contribution in [0.5, 0.6) is 0 Å². The molecular formula is C19H15F4N3O2. The third-order valence-electron chi connectivity index (χ3n) is 3.98. The molecule has 0 saturated carbocycles. The molecule has 1 amide bonds. The van der Waals surface area contributed by atoms with Crippen molar-refractivity contribution in [1.29, 1.82) is 0 Å². The first kappa shape index (κ1) is 19.5. The molecule has 0 aliphatic heterocycles. The van der Waals surface area contributed by atoms with Crippen molar-refractivity contribution in [2.75, 3.05) is 4.90 Å². The predicted octanol–water partition coefficient (Wildman–Crippen LogP) is 4.90. The van der Waals surface area contributed by atoms with Crippen LogP contribution < -0.4 is 4.90 Å². The summed E-state index contributed by atoms with van der Waals surface area (Å²) in [4.78, 5) is 13.5. The zero-order valence-corrected chi connectivity index (χ0v) is 14.7. The molecule has 1 heterocycles. The number of hydrogen-bond donors (Lipinski definition) is 0. The molecule has 2 aromatic carbocycles. The maximum atomic E-state index is 14.6. The van der Waals surface area contributed by atoms with Gasteiger partial charge in [0.25, 0.3) is 5.89 Å². The highest BCUT2D eigenvalue weighted by atomic mass is 19.3. The number of benzene rings is 2. The van der Waals surface area contributed by atoms with Gasteiger partial charge in [0.1, 0.15) is 11.6 Å².